The number of halogens is 2. The summed E-state index contributed by atoms with van der Waals surface area (Å²) in [6.07, 6.45) is 3.04. The second-order valence-electron chi connectivity index (χ2n) is 11.8. The topological polar surface area (TPSA) is 56.6 Å². The number of nitrogens with one attached hydrogen (secondary N) is 1. The van der Waals surface area contributed by atoms with Gasteiger partial charge in [0.2, 0.25) is 0 Å². The Morgan fingerprint density at radius 1 is 0.952 bits per heavy atom. The van der Waals surface area contributed by atoms with Gasteiger partial charge in [0, 0.05) is 41.4 Å². The SMILES string of the molecule is Cc1cc([C@@H]2[C@@H](c3ccccn3)NC(=S)N2c2ccc(N3C[C@H](C)C[C@H](C)C3)c(Cl)c2)c(C)n1-c1cc(Cl)ccc1O. The van der Waals surface area contributed by atoms with Crippen LogP contribution in [0.4, 0.5) is 11.4 Å². The fraction of sp³-hybridized carbons (Fsp3) is 0.333. The molecule has 0 spiro atoms. The molecule has 0 aliphatic carbocycles. The van der Waals surface area contributed by atoms with E-state index in [1.165, 1.54) is 6.42 Å². The van der Waals surface area contributed by atoms with Gasteiger partial charge in [0.15, 0.2) is 5.11 Å². The fourth-order valence-electron chi connectivity index (χ4n) is 6.84. The van der Waals surface area contributed by atoms with Crippen molar-refractivity contribution in [3.8, 4) is 11.4 Å². The standard InChI is InChI=1S/C33H35Cl2N5OS/c1-19-13-20(2)18-38(17-19)28-10-9-24(16-26(28)35)40-32(31(37-33(40)42)27-7-5-6-12-36-27)25-14-21(3)39(22(25)4)29-15-23(34)8-11-30(29)41/h5-12,14-16,19-20,31-32,41H,13,17-18H2,1-4H3,(H,37,42)/t19-,20+,31-,32-/m1/s1. The molecule has 6 rings (SSSR count). The summed E-state index contributed by atoms with van der Waals surface area (Å²) < 4.78 is 2.04. The van der Waals surface area contributed by atoms with Crippen LogP contribution in [-0.4, -0.2) is 32.9 Å². The number of rotatable bonds is 5. The van der Waals surface area contributed by atoms with Crippen LogP contribution in [0.5, 0.6) is 5.75 Å². The van der Waals surface area contributed by atoms with Crippen LogP contribution in [-0.2, 0) is 0 Å². The smallest absolute Gasteiger partial charge is 0.174 e. The van der Waals surface area contributed by atoms with Crippen LogP contribution >= 0.6 is 35.4 Å². The molecule has 6 nitrogen and oxygen atoms in total. The Kier molecular flexibility index (Phi) is 7.85. The number of hydrogen-bond donors (Lipinski definition) is 2. The summed E-state index contributed by atoms with van der Waals surface area (Å²) in [7, 11) is 0. The van der Waals surface area contributed by atoms with Crippen LogP contribution in [0.2, 0.25) is 10.0 Å². The first kappa shape index (κ1) is 28.8. The van der Waals surface area contributed by atoms with E-state index < -0.39 is 0 Å². The van der Waals surface area contributed by atoms with E-state index in [1.54, 1.807) is 24.4 Å². The summed E-state index contributed by atoms with van der Waals surface area (Å²) >= 11 is 19.4. The Hall–Kier alpha value is -3.26. The highest BCUT2D eigenvalue weighted by atomic mass is 35.5. The molecule has 0 bridgehead atoms. The summed E-state index contributed by atoms with van der Waals surface area (Å²) in [5, 5.41) is 16.2. The molecule has 4 heterocycles. The van der Waals surface area contributed by atoms with Gasteiger partial charge < -0.3 is 24.8 Å². The quantitative estimate of drug-likeness (QED) is 0.220. The maximum atomic E-state index is 10.8. The monoisotopic (exact) mass is 619 g/mol. The average molecular weight is 621 g/mol. The van der Waals surface area contributed by atoms with E-state index in [-0.39, 0.29) is 17.8 Å². The highest BCUT2D eigenvalue weighted by molar-refractivity contribution is 7.80. The van der Waals surface area contributed by atoms with Crippen LogP contribution in [0.1, 0.15) is 55.0 Å². The number of pyridine rings is 1. The molecule has 2 aromatic heterocycles. The van der Waals surface area contributed by atoms with Crippen LogP contribution in [0.15, 0.2) is 66.9 Å². The van der Waals surface area contributed by atoms with Crippen molar-refractivity contribution in [3.63, 3.8) is 0 Å². The molecule has 2 saturated heterocycles. The Balaban J connectivity index is 1.45. The highest BCUT2D eigenvalue weighted by Crippen LogP contribution is 2.45. The van der Waals surface area contributed by atoms with Gasteiger partial charge in [-0.2, -0.15) is 0 Å². The van der Waals surface area contributed by atoms with Crippen LogP contribution < -0.4 is 15.1 Å². The molecule has 0 unspecified atom stereocenters. The molecule has 2 aliphatic rings. The zero-order valence-electron chi connectivity index (χ0n) is 24.2. The van der Waals surface area contributed by atoms with Gasteiger partial charge >= 0.3 is 0 Å². The largest absolute Gasteiger partial charge is 0.506 e. The molecule has 2 aromatic carbocycles. The lowest BCUT2D eigenvalue weighted by molar-refractivity contribution is 0.357. The van der Waals surface area contributed by atoms with E-state index in [9.17, 15) is 5.11 Å². The van der Waals surface area contributed by atoms with Gasteiger partial charge in [0.25, 0.3) is 0 Å². The molecule has 4 atom stereocenters. The number of thiocarbonyl (C=S) groups is 1. The number of aryl methyl sites for hydroxylation is 1. The third kappa shape index (κ3) is 5.23. The molecule has 0 saturated carbocycles. The number of hydrogen-bond acceptors (Lipinski definition) is 4. The summed E-state index contributed by atoms with van der Waals surface area (Å²) in [5.74, 6) is 1.41. The molecular weight excluding hydrogens is 585 g/mol. The van der Waals surface area contributed by atoms with E-state index >= 15 is 0 Å². The molecule has 4 aromatic rings. The predicted octanol–water partition coefficient (Wildman–Crippen LogP) is 8.16. The average Bonchev–Trinajstić information content (AvgIpc) is 3.44. The molecule has 218 valence electrons. The highest BCUT2D eigenvalue weighted by Gasteiger charge is 2.42. The van der Waals surface area contributed by atoms with Crippen LogP contribution in [0.25, 0.3) is 5.69 Å². The zero-order valence-corrected chi connectivity index (χ0v) is 26.5. The van der Waals surface area contributed by atoms with E-state index in [2.05, 4.69) is 54.1 Å². The molecule has 2 fully saturated rings. The third-order valence-corrected chi connectivity index (χ3v) is 9.34. The van der Waals surface area contributed by atoms with Crippen LogP contribution in [0.3, 0.4) is 0 Å². The number of aromatic hydroxyl groups is 1. The van der Waals surface area contributed by atoms with E-state index in [1.807, 2.05) is 35.8 Å². The number of phenols is 1. The van der Waals surface area contributed by atoms with Crippen molar-refractivity contribution in [1.29, 1.82) is 0 Å². The molecule has 2 N–H and O–H groups in total. The minimum Gasteiger partial charge on any atom is -0.506 e. The Morgan fingerprint density at radius 2 is 1.71 bits per heavy atom. The Labute approximate surface area is 262 Å². The Morgan fingerprint density at radius 3 is 2.40 bits per heavy atom. The second kappa shape index (κ2) is 11.4. The molecule has 42 heavy (non-hydrogen) atoms. The van der Waals surface area contributed by atoms with Crippen molar-refractivity contribution < 1.29 is 5.11 Å². The molecule has 0 radical (unpaired) electrons. The molecular formula is C33H35Cl2N5OS. The fourth-order valence-corrected chi connectivity index (χ4v) is 7.65. The van der Waals surface area contributed by atoms with Gasteiger partial charge in [-0.1, -0.05) is 43.1 Å². The first-order chi connectivity index (χ1) is 20.1. The first-order valence-electron chi connectivity index (χ1n) is 14.3. The second-order valence-corrected chi connectivity index (χ2v) is 13.0. The lowest BCUT2D eigenvalue weighted by atomic mass is 9.91. The van der Waals surface area contributed by atoms with E-state index in [0.29, 0.717) is 32.7 Å². The third-order valence-electron chi connectivity index (χ3n) is 8.48. The summed E-state index contributed by atoms with van der Waals surface area (Å²) in [6, 6.07) is 19.0. The number of piperidine rings is 1. The van der Waals surface area contributed by atoms with Crippen molar-refractivity contribution >= 4 is 51.9 Å². The molecule has 2 aliphatic heterocycles. The summed E-state index contributed by atoms with van der Waals surface area (Å²) in [4.78, 5) is 9.26. The van der Waals surface area contributed by atoms with Gasteiger partial charge in [0.1, 0.15) is 5.75 Å². The van der Waals surface area contributed by atoms with Gasteiger partial charge in [-0.3, -0.25) is 4.98 Å². The maximum Gasteiger partial charge on any atom is 0.174 e. The van der Waals surface area contributed by atoms with Crippen molar-refractivity contribution in [1.82, 2.24) is 14.9 Å². The van der Waals surface area contributed by atoms with Crippen LogP contribution in [0, 0.1) is 25.7 Å². The molecule has 9 heteroatoms. The minimum atomic E-state index is -0.217. The number of nitrogens with zero attached hydrogens (tertiary/aromatic N) is 4. The van der Waals surface area contributed by atoms with Gasteiger partial charge in [-0.25, -0.2) is 0 Å². The number of aromatic nitrogens is 2. The van der Waals surface area contributed by atoms with E-state index in [0.717, 1.165) is 47.1 Å². The zero-order chi connectivity index (χ0) is 29.7. The van der Waals surface area contributed by atoms with E-state index in [4.69, 9.17) is 40.4 Å². The van der Waals surface area contributed by atoms with Gasteiger partial charge in [-0.15, -0.1) is 0 Å². The van der Waals surface area contributed by atoms with Gasteiger partial charge in [-0.05, 0) is 104 Å². The number of anilines is 2. The van der Waals surface area contributed by atoms with Crippen molar-refractivity contribution in [2.45, 2.75) is 46.2 Å². The number of phenolic OH excluding ortho intramolecular Hbond substituents is 1. The van der Waals surface area contributed by atoms with Crippen molar-refractivity contribution in [3.05, 3.63) is 99.6 Å². The normalized spacial score (nSPS) is 22.5. The Bertz CT molecular complexity index is 1630. The maximum absolute atomic E-state index is 10.8. The molecule has 0 amide bonds. The summed E-state index contributed by atoms with van der Waals surface area (Å²) in [5.41, 5.74) is 6.51. The first-order valence-corrected chi connectivity index (χ1v) is 15.5. The predicted molar refractivity (Wildman–Crippen MR) is 176 cm³/mol. The minimum absolute atomic E-state index is 0.162. The van der Waals surface area contributed by atoms with Gasteiger partial charge in [0.05, 0.1) is 34.2 Å². The van der Waals surface area contributed by atoms with Crippen molar-refractivity contribution in [2.24, 2.45) is 11.8 Å². The number of benzene rings is 2. The van der Waals surface area contributed by atoms with Crippen molar-refractivity contribution in [2.75, 3.05) is 22.9 Å². The summed E-state index contributed by atoms with van der Waals surface area (Å²) in [6.45, 7) is 10.7. The lowest BCUT2D eigenvalue weighted by Gasteiger charge is -2.37. The lowest BCUT2D eigenvalue weighted by Crippen LogP contribution is -2.38.